The number of amides is 1. The lowest BCUT2D eigenvalue weighted by Crippen LogP contribution is -2.21. The summed E-state index contributed by atoms with van der Waals surface area (Å²) in [7, 11) is -3.85. The lowest BCUT2D eigenvalue weighted by atomic mass is 10.1. The van der Waals surface area contributed by atoms with Crippen LogP contribution in [0.15, 0.2) is 53.7 Å². The maximum absolute atomic E-state index is 12.6. The molecule has 3 aromatic rings. The number of carbonyl (C=O) groups excluding carboxylic acids is 2. The molecule has 0 bridgehead atoms. The van der Waals surface area contributed by atoms with Crippen molar-refractivity contribution in [2.75, 3.05) is 10.0 Å². The number of aryl methyl sites for hydroxylation is 1. The van der Waals surface area contributed by atoms with Crippen molar-refractivity contribution in [2.45, 2.75) is 25.7 Å². The molecule has 9 heteroatoms. The van der Waals surface area contributed by atoms with Crippen LogP contribution in [0.1, 0.15) is 39.0 Å². The van der Waals surface area contributed by atoms with Crippen LogP contribution in [0.4, 0.5) is 11.4 Å². The van der Waals surface area contributed by atoms with E-state index in [9.17, 15) is 18.4 Å². The Morgan fingerprint density at radius 3 is 2.48 bits per heavy atom. The minimum absolute atomic E-state index is 0.0111. The summed E-state index contributed by atoms with van der Waals surface area (Å²) in [6.45, 7) is 4.85. The van der Waals surface area contributed by atoms with Crippen molar-refractivity contribution >= 4 is 33.5 Å². The number of rotatable bonds is 6. The predicted octanol–water partition coefficient (Wildman–Crippen LogP) is 3.50. The zero-order valence-electron chi connectivity index (χ0n) is 16.1. The number of pyridine rings is 1. The highest BCUT2D eigenvalue weighted by atomic mass is 32.3. The second-order valence-corrected chi connectivity index (χ2v) is 8.19. The number of anilines is 2. The van der Waals surface area contributed by atoms with Crippen LogP contribution in [0.5, 0.6) is 0 Å². The highest BCUT2D eigenvalue weighted by Gasteiger charge is 2.23. The third kappa shape index (κ3) is 4.41. The second-order valence-electron chi connectivity index (χ2n) is 6.51. The number of ketones is 1. The number of aromatic amines is 1. The number of Topliss-reactive ketones (excluding diaryl/α,β-unsaturated/α-hetero) is 1. The summed E-state index contributed by atoms with van der Waals surface area (Å²) in [4.78, 5) is 31.2. The van der Waals surface area contributed by atoms with Crippen molar-refractivity contribution in [3.05, 3.63) is 71.3 Å². The van der Waals surface area contributed by atoms with Crippen LogP contribution in [0, 0.1) is 13.8 Å². The van der Waals surface area contributed by atoms with Crippen LogP contribution >= 0.6 is 0 Å². The number of aromatic nitrogens is 2. The fourth-order valence-electron chi connectivity index (χ4n) is 3.08. The molecule has 0 aliphatic carbocycles. The van der Waals surface area contributed by atoms with Crippen molar-refractivity contribution in [3.8, 4) is 0 Å². The minimum atomic E-state index is -3.85. The molecule has 0 fully saturated rings. The Labute approximate surface area is 169 Å². The second kappa shape index (κ2) is 7.98. The van der Waals surface area contributed by atoms with E-state index >= 15 is 0 Å². The third-order valence-electron chi connectivity index (χ3n) is 4.33. The molecule has 1 amide bonds. The number of hydrogen-bond donors (Lipinski definition) is 3. The molecule has 150 valence electrons. The van der Waals surface area contributed by atoms with Crippen molar-refractivity contribution in [2.24, 2.45) is 0 Å². The van der Waals surface area contributed by atoms with Gasteiger partial charge in [-0.15, -0.1) is 0 Å². The number of H-pyrrole nitrogens is 1. The minimum Gasteiger partial charge on any atom is -0.588 e. The molecule has 2 aromatic heterocycles. The number of benzene rings is 1. The van der Waals surface area contributed by atoms with Crippen LogP contribution in [0.3, 0.4) is 0 Å². The Kier molecular flexibility index (Phi) is 5.62. The van der Waals surface area contributed by atoms with Gasteiger partial charge in [0, 0.05) is 29.2 Å². The van der Waals surface area contributed by atoms with Gasteiger partial charge in [-0.2, -0.15) is 0 Å². The van der Waals surface area contributed by atoms with E-state index in [-0.39, 0.29) is 16.4 Å². The van der Waals surface area contributed by atoms with Gasteiger partial charge < -0.3 is 14.9 Å². The first-order valence-electron chi connectivity index (χ1n) is 8.73. The van der Waals surface area contributed by atoms with E-state index in [1.807, 2.05) is 0 Å². The molecule has 0 radical (unpaired) electrons. The first-order valence-corrected chi connectivity index (χ1v) is 10.2. The number of nitrogens with one attached hydrogen (secondary N) is 3. The fourth-order valence-corrected chi connectivity index (χ4v) is 4.17. The fraction of sp³-hybridized carbons (Fsp3) is 0.150. The monoisotopic (exact) mass is 412 g/mol. The van der Waals surface area contributed by atoms with Gasteiger partial charge in [0.2, 0.25) is 0 Å². The molecule has 0 saturated heterocycles. The zero-order valence-corrected chi connectivity index (χ0v) is 16.9. The summed E-state index contributed by atoms with van der Waals surface area (Å²) >= 11 is 0. The Morgan fingerprint density at radius 1 is 1.14 bits per heavy atom. The smallest absolute Gasteiger partial charge is 0.272 e. The molecular formula is C20H20N4O4S. The lowest BCUT2D eigenvalue weighted by Gasteiger charge is -2.16. The topological polar surface area (TPSA) is 127 Å². The van der Waals surface area contributed by atoms with Crippen molar-refractivity contribution in [3.63, 3.8) is 0 Å². The summed E-state index contributed by atoms with van der Waals surface area (Å²) < 4.78 is 27.6. The zero-order chi connectivity index (χ0) is 21.2. The molecule has 2 heterocycles. The Hall–Kier alpha value is -3.30. The van der Waals surface area contributed by atoms with E-state index in [1.165, 1.54) is 37.5 Å². The van der Waals surface area contributed by atoms with Crippen LogP contribution in [-0.4, -0.2) is 26.2 Å². The Morgan fingerprint density at radius 2 is 1.86 bits per heavy atom. The Balaban J connectivity index is 1.83. The summed E-state index contributed by atoms with van der Waals surface area (Å²) in [6, 6.07) is 9.09. The Bertz CT molecular complexity index is 1120. The summed E-state index contributed by atoms with van der Waals surface area (Å²) in [6.07, 6.45) is 2.93. The maximum atomic E-state index is 12.6. The molecule has 0 aliphatic heterocycles. The van der Waals surface area contributed by atoms with E-state index in [1.54, 1.807) is 32.0 Å². The third-order valence-corrected chi connectivity index (χ3v) is 5.71. The molecule has 1 atom stereocenters. The van der Waals surface area contributed by atoms with Crippen molar-refractivity contribution < 1.29 is 18.4 Å². The average molecular weight is 412 g/mol. The molecule has 3 N–H and O–H groups in total. The summed E-state index contributed by atoms with van der Waals surface area (Å²) in [5, 5.41) is 2.67. The van der Waals surface area contributed by atoms with Gasteiger partial charge in [-0.25, -0.2) is 4.72 Å². The van der Waals surface area contributed by atoms with Gasteiger partial charge in [0.15, 0.2) is 21.1 Å². The van der Waals surface area contributed by atoms with E-state index in [0.717, 1.165) is 0 Å². The van der Waals surface area contributed by atoms with Crippen LogP contribution in [0.2, 0.25) is 0 Å². The van der Waals surface area contributed by atoms with E-state index in [2.05, 4.69) is 20.0 Å². The quantitative estimate of drug-likeness (QED) is 0.422. The molecule has 29 heavy (non-hydrogen) atoms. The molecule has 8 nitrogen and oxygen atoms in total. The van der Waals surface area contributed by atoms with Gasteiger partial charge in [0.25, 0.3) is 5.91 Å². The highest BCUT2D eigenvalue weighted by Crippen LogP contribution is 2.24. The summed E-state index contributed by atoms with van der Waals surface area (Å²) in [5.41, 5.74) is 2.53. The van der Waals surface area contributed by atoms with Gasteiger partial charge in [0.05, 0.1) is 11.9 Å². The van der Waals surface area contributed by atoms with Gasteiger partial charge in [-0.3, -0.25) is 14.6 Å². The molecule has 0 saturated carbocycles. The molecule has 3 rings (SSSR count). The number of hydrogen-bond acceptors (Lipinski definition) is 5. The van der Waals surface area contributed by atoms with Gasteiger partial charge in [-0.1, -0.05) is 10.3 Å². The molecule has 1 aromatic carbocycles. The van der Waals surface area contributed by atoms with Crippen LogP contribution in [-0.2, 0) is 14.6 Å². The van der Waals surface area contributed by atoms with Crippen LogP contribution in [0.25, 0.3) is 0 Å². The predicted molar refractivity (Wildman–Crippen MR) is 110 cm³/mol. The van der Waals surface area contributed by atoms with E-state index in [0.29, 0.717) is 28.2 Å². The van der Waals surface area contributed by atoms with Crippen molar-refractivity contribution in [1.29, 1.82) is 0 Å². The summed E-state index contributed by atoms with van der Waals surface area (Å²) in [5.74, 6) is -0.599. The largest absolute Gasteiger partial charge is 0.588 e. The molecule has 0 aliphatic rings. The molecular weight excluding hydrogens is 392 g/mol. The highest BCUT2D eigenvalue weighted by molar-refractivity contribution is 7.98. The van der Waals surface area contributed by atoms with Gasteiger partial charge >= 0.3 is 0 Å². The van der Waals surface area contributed by atoms with E-state index in [4.69, 9.17) is 0 Å². The maximum Gasteiger partial charge on any atom is 0.272 e. The lowest BCUT2D eigenvalue weighted by molar-refractivity contribution is 0.101. The molecule has 0 spiro atoms. The van der Waals surface area contributed by atoms with Crippen LogP contribution < -0.4 is 10.0 Å². The number of carbonyl (C=O) groups is 2. The number of sulfonamides is 1. The van der Waals surface area contributed by atoms with E-state index < -0.39 is 16.3 Å². The normalized spacial score (nSPS) is 12.8. The molecule has 1 unspecified atom stereocenters. The first kappa shape index (κ1) is 20.4. The standard InChI is InChI=1S/C20H20N4O4S/c1-12-18(14(3)25)13(2)22-19(12)20(26)23-15-6-4-8-17(10-15)29(27,28)24-16-7-5-9-21-11-16/h4-11H,1-3H3,(H3-,22,23,24,25,26,27,28). The average Bonchev–Trinajstić information content (AvgIpc) is 2.97. The first-order chi connectivity index (χ1) is 13.7. The van der Waals surface area contributed by atoms with Gasteiger partial charge in [0.1, 0.15) is 5.69 Å². The SMILES string of the molecule is CC(=O)c1c(C)[nH]c(C(=O)Nc2cccc([S+](=O)([O-])Nc3cccnc3)c2)c1C. The van der Waals surface area contributed by atoms with Crippen molar-refractivity contribution in [1.82, 2.24) is 9.97 Å². The number of nitrogens with zero attached hydrogens (tertiary/aromatic N) is 1. The van der Waals surface area contributed by atoms with Gasteiger partial charge in [-0.05, 0) is 50.6 Å².